The maximum absolute atomic E-state index is 12.3. The summed E-state index contributed by atoms with van der Waals surface area (Å²) in [5, 5.41) is 3.38. The fraction of sp³-hybridized carbons (Fsp3) is 0.556. The molecule has 0 unspecified atom stereocenters. The fourth-order valence-corrected chi connectivity index (χ4v) is 3.55. The van der Waals surface area contributed by atoms with E-state index in [1.165, 1.54) is 24.2 Å². The number of fused-ring (bicyclic) bond motifs is 1. The van der Waals surface area contributed by atoms with E-state index in [1.54, 1.807) is 18.2 Å². The highest BCUT2D eigenvalue weighted by Crippen LogP contribution is 2.37. The van der Waals surface area contributed by atoms with Crippen LogP contribution in [0.5, 0.6) is 5.75 Å². The highest BCUT2D eigenvalue weighted by atomic mass is 35.5. The molecule has 7 heteroatoms. The summed E-state index contributed by atoms with van der Waals surface area (Å²) in [7, 11) is 0. The van der Waals surface area contributed by atoms with Crippen LogP contribution in [0, 0.1) is 0 Å². The molecule has 1 N–H and O–H groups in total. The number of halogens is 1. The van der Waals surface area contributed by atoms with E-state index in [0.717, 1.165) is 13.1 Å². The van der Waals surface area contributed by atoms with E-state index in [0.29, 0.717) is 29.0 Å². The van der Waals surface area contributed by atoms with Crippen LogP contribution < -0.4 is 15.0 Å². The third-order valence-corrected chi connectivity index (χ3v) is 5.09. The molecule has 1 atom stereocenters. The molecule has 0 radical (unpaired) electrons. The van der Waals surface area contributed by atoms with Crippen LogP contribution in [0.4, 0.5) is 5.69 Å². The Morgan fingerprint density at radius 2 is 2.08 bits per heavy atom. The van der Waals surface area contributed by atoms with Crippen LogP contribution in [0.3, 0.4) is 0 Å². The number of hydrogen-bond acceptors (Lipinski definition) is 4. The summed E-state index contributed by atoms with van der Waals surface area (Å²) in [5.74, 6) is 0.0392. The van der Waals surface area contributed by atoms with Crippen molar-refractivity contribution >= 4 is 29.1 Å². The molecule has 0 spiro atoms. The Kier molecular flexibility index (Phi) is 5.81. The number of carbonyl (C=O) groups excluding carboxylic acids is 2. The predicted octanol–water partition coefficient (Wildman–Crippen LogP) is 2.06. The van der Waals surface area contributed by atoms with Crippen molar-refractivity contribution in [2.75, 3.05) is 37.7 Å². The molecule has 2 aliphatic heterocycles. The van der Waals surface area contributed by atoms with E-state index >= 15 is 0 Å². The molecule has 1 saturated heterocycles. The monoisotopic (exact) mass is 365 g/mol. The van der Waals surface area contributed by atoms with Gasteiger partial charge in [0.15, 0.2) is 12.4 Å². The first-order chi connectivity index (χ1) is 12.1. The molecule has 0 bridgehead atoms. The van der Waals surface area contributed by atoms with Crippen molar-refractivity contribution in [2.45, 2.75) is 32.2 Å². The molecule has 1 aromatic carbocycles. The largest absolute Gasteiger partial charge is 0.480 e. The molecule has 0 aliphatic carbocycles. The maximum atomic E-state index is 12.3. The van der Waals surface area contributed by atoms with Crippen molar-refractivity contribution in [1.29, 1.82) is 0 Å². The van der Waals surface area contributed by atoms with Crippen LogP contribution in [0.2, 0.25) is 5.02 Å². The lowest BCUT2D eigenvalue weighted by atomic mass is 10.1. The summed E-state index contributed by atoms with van der Waals surface area (Å²) in [6, 6.07) is 5.48. The zero-order chi connectivity index (χ0) is 17.8. The molecule has 2 heterocycles. The van der Waals surface area contributed by atoms with Gasteiger partial charge in [-0.3, -0.25) is 19.4 Å². The number of nitrogens with one attached hydrogen (secondary N) is 1. The molecule has 2 amide bonds. The van der Waals surface area contributed by atoms with E-state index in [-0.39, 0.29) is 25.0 Å². The quantitative estimate of drug-likeness (QED) is 0.867. The van der Waals surface area contributed by atoms with E-state index in [2.05, 4.69) is 17.1 Å². The average molecular weight is 366 g/mol. The first-order valence-corrected chi connectivity index (χ1v) is 9.16. The summed E-state index contributed by atoms with van der Waals surface area (Å²) in [6.45, 7) is 4.76. The Morgan fingerprint density at radius 3 is 2.84 bits per heavy atom. The second kappa shape index (κ2) is 8.06. The Balaban J connectivity index is 1.57. The second-order valence-corrected chi connectivity index (χ2v) is 7.01. The van der Waals surface area contributed by atoms with E-state index in [1.807, 2.05) is 0 Å². The van der Waals surface area contributed by atoms with Crippen LogP contribution in [-0.2, 0) is 9.59 Å². The van der Waals surface area contributed by atoms with Crippen LogP contribution in [0.15, 0.2) is 18.2 Å². The fourth-order valence-electron chi connectivity index (χ4n) is 3.32. The normalized spacial score (nSPS) is 19.1. The van der Waals surface area contributed by atoms with Crippen molar-refractivity contribution in [3.63, 3.8) is 0 Å². The van der Waals surface area contributed by atoms with Crippen LogP contribution in [0.1, 0.15) is 26.2 Å². The Labute approximate surface area is 153 Å². The minimum Gasteiger partial charge on any atom is -0.480 e. The molecule has 1 aromatic rings. The smallest absolute Gasteiger partial charge is 0.265 e. The van der Waals surface area contributed by atoms with Gasteiger partial charge in [0.2, 0.25) is 5.91 Å². The Hall–Kier alpha value is -1.79. The van der Waals surface area contributed by atoms with Gasteiger partial charge in [-0.25, -0.2) is 0 Å². The molecule has 1 fully saturated rings. The van der Waals surface area contributed by atoms with Crippen LogP contribution >= 0.6 is 11.6 Å². The molecular weight excluding hydrogens is 342 g/mol. The van der Waals surface area contributed by atoms with Crippen molar-refractivity contribution < 1.29 is 14.3 Å². The predicted molar refractivity (Wildman–Crippen MR) is 97.2 cm³/mol. The van der Waals surface area contributed by atoms with Gasteiger partial charge in [0, 0.05) is 12.6 Å². The third kappa shape index (κ3) is 4.25. The van der Waals surface area contributed by atoms with Crippen molar-refractivity contribution in [1.82, 2.24) is 10.2 Å². The average Bonchev–Trinajstić information content (AvgIpc) is 2.63. The summed E-state index contributed by atoms with van der Waals surface area (Å²) < 4.78 is 5.39. The van der Waals surface area contributed by atoms with Gasteiger partial charge < -0.3 is 10.1 Å². The molecule has 0 aromatic heterocycles. The van der Waals surface area contributed by atoms with Crippen molar-refractivity contribution in [3.05, 3.63) is 23.2 Å². The van der Waals surface area contributed by atoms with Gasteiger partial charge in [-0.05, 0) is 45.0 Å². The second-order valence-electron chi connectivity index (χ2n) is 6.61. The highest BCUT2D eigenvalue weighted by Gasteiger charge is 2.28. The SMILES string of the molecule is C[C@H](CNC(=O)CN1C(=O)COc2c(Cl)cccc21)N1CCCCC1. The van der Waals surface area contributed by atoms with Gasteiger partial charge in [-0.2, -0.15) is 0 Å². The van der Waals surface area contributed by atoms with E-state index < -0.39 is 0 Å². The standard InChI is InChI=1S/C18H24ClN3O3/c1-13(21-8-3-2-4-9-21)10-20-16(23)11-22-15-7-5-6-14(19)18(15)25-12-17(22)24/h5-7,13H,2-4,8-12H2,1H3,(H,20,23)/t13-/m1/s1. The number of benzene rings is 1. The van der Waals surface area contributed by atoms with Crippen molar-refractivity contribution in [3.8, 4) is 5.75 Å². The number of nitrogens with zero attached hydrogens (tertiary/aromatic N) is 2. The van der Waals surface area contributed by atoms with Gasteiger partial charge in [-0.15, -0.1) is 0 Å². The number of anilines is 1. The van der Waals surface area contributed by atoms with Crippen LogP contribution in [-0.4, -0.2) is 55.5 Å². The first kappa shape index (κ1) is 18.0. The van der Waals surface area contributed by atoms with Gasteiger partial charge >= 0.3 is 0 Å². The lowest BCUT2D eigenvalue weighted by Crippen LogP contribution is -2.48. The molecule has 136 valence electrons. The topological polar surface area (TPSA) is 61.9 Å². The molecule has 2 aliphatic rings. The lowest BCUT2D eigenvalue weighted by molar-refractivity contribution is -0.125. The number of hydrogen-bond donors (Lipinski definition) is 1. The zero-order valence-electron chi connectivity index (χ0n) is 14.5. The Bertz CT molecular complexity index is 646. The zero-order valence-corrected chi connectivity index (χ0v) is 15.2. The van der Waals surface area contributed by atoms with Gasteiger partial charge in [-0.1, -0.05) is 24.1 Å². The minimum atomic E-state index is -0.242. The highest BCUT2D eigenvalue weighted by molar-refractivity contribution is 6.32. The number of amides is 2. The third-order valence-electron chi connectivity index (χ3n) is 4.79. The number of piperidine rings is 1. The van der Waals surface area contributed by atoms with E-state index in [9.17, 15) is 9.59 Å². The first-order valence-electron chi connectivity index (χ1n) is 8.78. The minimum absolute atomic E-state index is 0.0255. The molecule has 25 heavy (non-hydrogen) atoms. The van der Waals surface area contributed by atoms with Gasteiger partial charge in [0.05, 0.1) is 10.7 Å². The number of para-hydroxylation sites is 1. The molecular formula is C18H24ClN3O3. The molecule has 0 saturated carbocycles. The Morgan fingerprint density at radius 1 is 1.32 bits per heavy atom. The van der Waals surface area contributed by atoms with E-state index in [4.69, 9.17) is 16.3 Å². The summed E-state index contributed by atoms with van der Waals surface area (Å²) in [5.41, 5.74) is 0.544. The van der Waals surface area contributed by atoms with Crippen molar-refractivity contribution in [2.24, 2.45) is 0 Å². The van der Waals surface area contributed by atoms with Gasteiger partial charge in [0.25, 0.3) is 5.91 Å². The number of carbonyl (C=O) groups is 2. The molecule has 6 nitrogen and oxygen atoms in total. The summed E-state index contributed by atoms with van der Waals surface area (Å²) in [4.78, 5) is 28.3. The molecule has 3 rings (SSSR count). The van der Waals surface area contributed by atoms with Gasteiger partial charge in [0.1, 0.15) is 6.54 Å². The maximum Gasteiger partial charge on any atom is 0.265 e. The number of likely N-dealkylation sites (tertiary alicyclic amines) is 1. The number of rotatable bonds is 5. The summed E-state index contributed by atoms with van der Waals surface area (Å²) >= 11 is 6.11. The number of ether oxygens (including phenoxy) is 1. The summed E-state index contributed by atoms with van der Waals surface area (Å²) in [6.07, 6.45) is 3.73. The lowest BCUT2D eigenvalue weighted by Gasteiger charge is -2.33. The van der Waals surface area contributed by atoms with Crippen LogP contribution in [0.25, 0.3) is 0 Å².